The second kappa shape index (κ2) is 8.19. The van der Waals surface area contributed by atoms with Crippen molar-refractivity contribution in [1.29, 1.82) is 0 Å². The molecule has 0 aliphatic carbocycles. The van der Waals surface area contributed by atoms with Crippen LogP contribution in [0.3, 0.4) is 0 Å². The Balaban J connectivity index is 1.72. The molecule has 1 aromatic carbocycles. The largest absolute Gasteiger partial charge is 0.448 e. The molecule has 1 aromatic heterocycles. The van der Waals surface area contributed by atoms with Crippen molar-refractivity contribution in [3.63, 3.8) is 0 Å². The molecule has 1 heterocycles. The molecule has 0 aliphatic heterocycles. The summed E-state index contributed by atoms with van der Waals surface area (Å²) in [6.45, 7) is 4.16. The first-order chi connectivity index (χ1) is 10.5. The van der Waals surface area contributed by atoms with Crippen LogP contribution in [0.4, 0.5) is 0 Å². The van der Waals surface area contributed by atoms with Crippen LogP contribution in [0.25, 0.3) is 0 Å². The third kappa shape index (κ3) is 5.69. The highest BCUT2D eigenvalue weighted by atomic mass is 79.9. The molecular weight excluding hydrogens is 364 g/mol. The average molecular weight is 381 g/mol. The number of hydrogen-bond acceptors (Lipinski definition) is 4. The quantitative estimate of drug-likeness (QED) is 0.607. The number of nitrogens with zero attached hydrogens (tertiary/aromatic N) is 1. The van der Waals surface area contributed by atoms with Gasteiger partial charge in [-0.3, -0.25) is 4.79 Å². The van der Waals surface area contributed by atoms with E-state index in [4.69, 9.17) is 4.42 Å². The molecule has 6 heteroatoms. The number of amides is 1. The lowest BCUT2D eigenvalue weighted by atomic mass is 10.1. The van der Waals surface area contributed by atoms with Gasteiger partial charge in [0.1, 0.15) is 5.76 Å². The van der Waals surface area contributed by atoms with Gasteiger partial charge in [-0.1, -0.05) is 29.3 Å². The van der Waals surface area contributed by atoms with Crippen LogP contribution < -0.4 is 5.43 Å². The molecule has 0 bridgehead atoms. The number of carbonyl (C=O) groups is 1. The van der Waals surface area contributed by atoms with Gasteiger partial charge in [-0.15, -0.1) is 11.8 Å². The first-order valence-corrected chi connectivity index (χ1v) is 8.70. The minimum Gasteiger partial charge on any atom is -0.448 e. The van der Waals surface area contributed by atoms with E-state index in [0.29, 0.717) is 16.2 Å². The molecule has 0 radical (unpaired) electrons. The normalized spacial score (nSPS) is 11.0. The maximum absolute atomic E-state index is 11.7. The molecule has 0 saturated heterocycles. The van der Waals surface area contributed by atoms with E-state index >= 15 is 0 Å². The number of nitrogens with one attached hydrogen (secondary N) is 1. The lowest BCUT2D eigenvalue weighted by Gasteiger charge is -2.04. The van der Waals surface area contributed by atoms with Gasteiger partial charge in [0.05, 0.1) is 12.0 Å². The maximum Gasteiger partial charge on any atom is 0.250 e. The highest BCUT2D eigenvalue weighted by molar-refractivity contribution is 9.10. The monoisotopic (exact) mass is 380 g/mol. The van der Waals surface area contributed by atoms with Crippen molar-refractivity contribution in [3.05, 3.63) is 57.5 Å². The summed E-state index contributed by atoms with van der Waals surface area (Å²) in [4.78, 5) is 11.7. The Bertz CT molecular complexity index is 662. The van der Waals surface area contributed by atoms with Crippen LogP contribution >= 0.6 is 27.7 Å². The molecule has 0 saturated carbocycles. The Hall–Kier alpha value is -1.53. The van der Waals surface area contributed by atoms with E-state index in [2.05, 4.69) is 58.5 Å². The number of rotatable bonds is 6. The topological polar surface area (TPSA) is 54.6 Å². The van der Waals surface area contributed by atoms with Gasteiger partial charge in [0.15, 0.2) is 4.67 Å². The number of carbonyl (C=O) groups excluding carboxylic acids is 1. The van der Waals surface area contributed by atoms with Crippen LogP contribution in [-0.4, -0.2) is 17.9 Å². The summed E-state index contributed by atoms with van der Waals surface area (Å²) in [5.41, 5.74) is 6.21. The molecule has 2 rings (SSSR count). The summed E-state index contributed by atoms with van der Waals surface area (Å²) in [7, 11) is 0. The molecule has 0 aliphatic rings. The van der Waals surface area contributed by atoms with Crippen LogP contribution in [-0.2, 0) is 10.5 Å². The minimum absolute atomic E-state index is 0.128. The van der Waals surface area contributed by atoms with Crippen molar-refractivity contribution in [1.82, 2.24) is 5.43 Å². The standard InChI is InChI=1S/C16H17BrN2O2S/c1-11-5-12(2)7-13(6-11)9-22-10-16(20)19-18-8-14-3-4-15(17)21-14/h3-8H,9-10H2,1-2H3,(H,19,20)/b18-8-. The van der Waals surface area contributed by atoms with Crippen LogP contribution in [0.15, 0.2) is 44.5 Å². The predicted octanol–water partition coefficient (Wildman–Crippen LogP) is 4.04. The number of hydrazone groups is 1. The van der Waals surface area contributed by atoms with Crippen molar-refractivity contribution in [3.8, 4) is 0 Å². The Kier molecular flexibility index (Phi) is 6.27. The zero-order valence-electron chi connectivity index (χ0n) is 12.4. The fourth-order valence-corrected chi connectivity index (χ4v) is 3.09. The Morgan fingerprint density at radius 3 is 2.68 bits per heavy atom. The first-order valence-electron chi connectivity index (χ1n) is 6.75. The highest BCUT2D eigenvalue weighted by Crippen LogP contribution is 2.15. The van der Waals surface area contributed by atoms with Crippen molar-refractivity contribution >= 4 is 39.8 Å². The summed E-state index contributed by atoms with van der Waals surface area (Å²) < 4.78 is 5.87. The average Bonchev–Trinajstić information content (AvgIpc) is 2.83. The van der Waals surface area contributed by atoms with Crippen molar-refractivity contribution in [2.75, 3.05) is 5.75 Å². The van der Waals surface area contributed by atoms with Crippen molar-refractivity contribution in [2.45, 2.75) is 19.6 Å². The molecule has 1 amide bonds. The molecular formula is C16H17BrN2O2S. The molecule has 2 aromatic rings. The zero-order valence-corrected chi connectivity index (χ0v) is 14.8. The fourth-order valence-electron chi connectivity index (χ4n) is 2.01. The Morgan fingerprint density at radius 1 is 1.32 bits per heavy atom. The van der Waals surface area contributed by atoms with Crippen LogP contribution in [0.1, 0.15) is 22.5 Å². The third-order valence-corrected chi connectivity index (χ3v) is 4.19. The van der Waals surface area contributed by atoms with E-state index in [1.165, 1.54) is 22.9 Å². The van der Waals surface area contributed by atoms with Gasteiger partial charge in [-0.25, -0.2) is 5.43 Å². The second-order valence-corrected chi connectivity index (χ2v) is 6.69. The molecule has 0 atom stereocenters. The lowest BCUT2D eigenvalue weighted by Crippen LogP contribution is -2.19. The summed E-state index contributed by atoms with van der Waals surface area (Å²) in [6.07, 6.45) is 1.47. The van der Waals surface area contributed by atoms with Gasteiger partial charge in [0.2, 0.25) is 5.91 Å². The van der Waals surface area contributed by atoms with Gasteiger partial charge >= 0.3 is 0 Å². The van der Waals surface area contributed by atoms with Gasteiger partial charge < -0.3 is 4.42 Å². The number of furan rings is 1. The summed E-state index contributed by atoms with van der Waals surface area (Å²) in [6, 6.07) is 9.95. The second-order valence-electron chi connectivity index (χ2n) is 4.92. The zero-order chi connectivity index (χ0) is 15.9. The smallest absolute Gasteiger partial charge is 0.250 e. The summed E-state index contributed by atoms with van der Waals surface area (Å²) >= 11 is 4.77. The molecule has 1 N–H and O–H groups in total. The molecule has 22 heavy (non-hydrogen) atoms. The van der Waals surface area contributed by atoms with Crippen molar-refractivity contribution < 1.29 is 9.21 Å². The molecule has 4 nitrogen and oxygen atoms in total. The molecule has 0 fully saturated rings. The fraction of sp³-hybridized carbons (Fsp3) is 0.250. The van der Waals surface area contributed by atoms with Gasteiger partial charge in [-0.05, 0) is 47.5 Å². The van der Waals surface area contributed by atoms with E-state index in [-0.39, 0.29) is 5.91 Å². The lowest BCUT2D eigenvalue weighted by molar-refractivity contribution is -0.118. The maximum atomic E-state index is 11.7. The SMILES string of the molecule is Cc1cc(C)cc(CSCC(=O)N/N=C\c2ccc(Br)o2)c1. The van der Waals surface area contributed by atoms with E-state index in [0.717, 1.165) is 5.75 Å². The van der Waals surface area contributed by atoms with Crippen LogP contribution in [0.5, 0.6) is 0 Å². The number of halogens is 1. The van der Waals surface area contributed by atoms with E-state index in [9.17, 15) is 4.79 Å². The van der Waals surface area contributed by atoms with Crippen molar-refractivity contribution in [2.24, 2.45) is 5.10 Å². The number of aryl methyl sites for hydroxylation is 2. The highest BCUT2D eigenvalue weighted by Gasteiger charge is 2.02. The minimum atomic E-state index is -0.128. The first kappa shape index (κ1) is 16.8. The van der Waals surface area contributed by atoms with Gasteiger partial charge in [0.25, 0.3) is 0 Å². The molecule has 0 unspecified atom stereocenters. The van der Waals surface area contributed by atoms with E-state index in [1.807, 2.05) is 0 Å². The third-order valence-electron chi connectivity index (χ3n) is 2.76. The Labute approximate surface area is 142 Å². The van der Waals surface area contributed by atoms with E-state index in [1.54, 1.807) is 23.9 Å². The summed E-state index contributed by atoms with van der Waals surface area (Å²) in [5.74, 6) is 1.63. The predicted molar refractivity (Wildman–Crippen MR) is 94.2 cm³/mol. The Morgan fingerprint density at radius 2 is 2.05 bits per heavy atom. The van der Waals surface area contributed by atoms with Crippen LogP contribution in [0, 0.1) is 13.8 Å². The molecule has 0 spiro atoms. The number of benzene rings is 1. The molecule has 116 valence electrons. The summed E-state index contributed by atoms with van der Waals surface area (Å²) in [5, 5.41) is 3.86. The number of hydrogen-bond donors (Lipinski definition) is 1. The van der Waals surface area contributed by atoms with Gasteiger partial charge in [-0.2, -0.15) is 5.10 Å². The van der Waals surface area contributed by atoms with Gasteiger partial charge in [0, 0.05) is 5.75 Å². The van der Waals surface area contributed by atoms with E-state index < -0.39 is 0 Å². The van der Waals surface area contributed by atoms with Crippen LogP contribution in [0.2, 0.25) is 0 Å². The number of thioether (sulfide) groups is 1.